The van der Waals surface area contributed by atoms with E-state index in [4.69, 9.17) is 60.3 Å². The van der Waals surface area contributed by atoms with Gasteiger partial charge in [0.15, 0.2) is 23.3 Å². The summed E-state index contributed by atoms with van der Waals surface area (Å²) < 4.78 is 0. The van der Waals surface area contributed by atoms with E-state index in [1.807, 2.05) is 97.1 Å². The Morgan fingerprint density at radius 1 is 0.378 bits per heavy atom. The van der Waals surface area contributed by atoms with Crippen LogP contribution in [0.4, 0.5) is 0 Å². The molecule has 0 unspecified atom stereocenters. The zero-order valence-electron chi connectivity index (χ0n) is 22.7. The van der Waals surface area contributed by atoms with Crippen molar-refractivity contribution in [2.24, 2.45) is 0 Å². The van der Waals surface area contributed by atoms with E-state index >= 15 is 0 Å². The van der Waals surface area contributed by atoms with Crippen LogP contribution in [0, 0.1) is 0 Å². The summed E-state index contributed by atoms with van der Waals surface area (Å²) in [7, 11) is 13.4. The predicted octanol–water partition coefficient (Wildman–Crippen LogP) is 8.93. The van der Waals surface area contributed by atoms with Crippen molar-refractivity contribution in [3.8, 4) is 45.6 Å². The monoisotopic (exact) mass is 737 g/mol. The molecule has 8 nitrogen and oxygen atoms in total. The molecular formula is C32H18Cl3Co2N8. The molecule has 2 aliphatic rings. The smallest absolute Gasteiger partial charge is 0.164 e. The molecule has 9 rings (SSSR count). The van der Waals surface area contributed by atoms with Gasteiger partial charge in [-0.25, -0.2) is 29.9 Å². The topological polar surface area (TPSA) is 109 Å². The average molecular weight is 739 g/mol. The number of rotatable bonds is 0. The molecule has 0 spiro atoms. The van der Waals surface area contributed by atoms with Crippen molar-refractivity contribution in [1.29, 1.82) is 0 Å². The Bertz CT molecular complexity index is 2100. The van der Waals surface area contributed by atoms with Crippen LogP contribution in [0.5, 0.6) is 0 Å². The number of benzene rings is 4. The van der Waals surface area contributed by atoms with Gasteiger partial charge in [-0.1, -0.05) is 97.1 Å². The molecule has 5 heterocycles. The molecule has 1 radical (unpaired) electrons. The molecule has 2 aliphatic heterocycles. The summed E-state index contributed by atoms with van der Waals surface area (Å²) in [4.78, 5) is 36.8. The van der Waals surface area contributed by atoms with E-state index in [2.05, 4.69) is 9.97 Å². The first kappa shape index (κ1) is 29.8. The van der Waals surface area contributed by atoms with E-state index in [1.165, 1.54) is 0 Å². The molecule has 13 heteroatoms. The third-order valence-corrected chi connectivity index (χ3v) is 7.46. The van der Waals surface area contributed by atoms with Crippen molar-refractivity contribution in [1.82, 2.24) is 39.9 Å². The van der Waals surface area contributed by atoms with Crippen LogP contribution in [0.2, 0.25) is 0 Å². The van der Waals surface area contributed by atoms with Crippen molar-refractivity contribution < 1.29 is 27.7 Å². The van der Waals surface area contributed by atoms with Gasteiger partial charge in [0.05, 0.1) is 0 Å². The van der Waals surface area contributed by atoms with Crippen LogP contribution in [0.25, 0.3) is 89.7 Å². The van der Waals surface area contributed by atoms with Crippen LogP contribution >= 0.6 is 30.4 Å². The second-order valence-corrected chi connectivity index (χ2v) is 15.1. The minimum absolute atomic E-state index is 0. The molecule has 0 saturated carbocycles. The van der Waals surface area contributed by atoms with Gasteiger partial charge in [-0.2, -0.15) is 0 Å². The number of H-pyrrole nitrogens is 2. The summed E-state index contributed by atoms with van der Waals surface area (Å²) >= 11 is 0. The van der Waals surface area contributed by atoms with Gasteiger partial charge in [-0.3, -0.25) is 0 Å². The Labute approximate surface area is 283 Å². The molecule has 0 fully saturated rings. The SMILES string of the molecule is [Cl][Co]([Cl])[Cl].[Co].c1ccc2c(c1)-c1nc-2nc2[nH]c(nc3nc(nc4[nH]c(n1)c1ccccc41)-c1ccccc1-3)c1ccccc21. The number of nitrogens with one attached hydrogen (secondary N) is 2. The van der Waals surface area contributed by atoms with Crippen molar-refractivity contribution in [2.75, 3.05) is 0 Å². The maximum atomic E-state index is 5.02. The molecule has 0 amide bonds. The normalized spacial score (nSPS) is 11.7. The molecule has 0 saturated heterocycles. The molecule has 4 aromatic carbocycles. The third-order valence-electron chi connectivity index (χ3n) is 7.46. The van der Waals surface area contributed by atoms with Crippen LogP contribution < -0.4 is 0 Å². The van der Waals surface area contributed by atoms with Crippen molar-refractivity contribution >= 4 is 74.6 Å². The summed E-state index contributed by atoms with van der Waals surface area (Å²) in [6.07, 6.45) is 0. The molecule has 0 atom stereocenters. The zero-order chi connectivity index (χ0) is 29.8. The Morgan fingerprint density at radius 2 is 0.600 bits per heavy atom. The van der Waals surface area contributed by atoms with Gasteiger partial charge in [-0.05, 0) is 0 Å². The van der Waals surface area contributed by atoms with Crippen LogP contribution in [-0.2, 0) is 27.7 Å². The van der Waals surface area contributed by atoms with Gasteiger partial charge < -0.3 is 9.97 Å². The Hall–Kier alpha value is -3.88. The predicted molar refractivity (Wildman–Crippen MR) is 174 cm³/mol. The second kappa shape index (κ2) is 12.1. The van der Waals surface area contributed by atoms with Crippen LogP contribution in [0.15, 0.2) is 97.1 Å². The summed E-state index contributed by atoms with van der Waals surface area (Å²) in [6, 6.07) is 32.2. The fraction of sp³-hybridized carbons (Fsp3) is 0. The third kappa shape index (κ3) is 5.38. The molecule has 8 bridgehead atoms. The van der Waals surface area contributed by atoms with Gasteiger partial charge in [0.25, 0.3) is 0 Å². The molecule has 45 heavy (non-hydrogen) atoms. The number of hydrogen-bond acceptors (Lipinski definition) is 6. The van der Waals surface area contributed by atoms with Gasteiger partial charge >= 0.3 is 41.4 Å². The van der Waals surface area contributed by atoms with Gasteiger partial charge in [0, 0.05) is 60.6 Å². The van der Waals surface area contributed by atoms with Gasteiger partial charge in [0.1, 0.15) is 22.6 Å². The molecule has 2 N–H and O–H groups in total. The number of nitrogens with zero attached hydrogens (tertiary/aromatic N) is 6. The van der Waals surface area contributed by atoms with E-state index < -0.39 is 10.9 Å². The maximum Gasteiger partial charge on any atom is 0.164 e. The fourth-order valence-corrected chi connectivity index (χ4v) is 5.59. The number of hydrogen-bond donors (Lipinski definition) is 2. The van der Waals surface area contributed by atoms with E-state index in [1.54, 1.807) is 0 Å². The first-order valence-corrected chi connectivity index (χ1v) is 17.7. The molecular weight excluding hydrogens is 721 g/mol. The summed E-state index contributed by atoms with van der Waals surface area (Å²) in [5.41, 5.74) is 6.45. The zero-order valence-corrected chi connectivity index (χ0v) is 27.1. The second-order valence-electron chi connectivity index (χ2n) is 9.93. The van der Waals surface area contributed by atoms with Gasteiger partial charge in [0.2, 0.25) is 0 Å². The quantitative estimate of drug-likeness (QED) is 0.161. The molecule has 7 aromatic rings. The van der Waals surface area contributed by atoms with Crippen LogP contribution in [0.1, 0.15) is 0 Å². The molecule has 3 aromatic heterocycles. The van der Waals surface area contributed by atoms with E-state index in [0.717, 1.165) is 43.8 Å². The van der Waals surface area contributed by atoms with Gasteiger partial charge in [-0.15, -0.1) is 0 Å². The summed E-state index contributed by atoms with van der Waals surface area (Å²) in [5, 5.41) is 3.82. The van der Waals surface area contributed by atoms with E-state index in [0.29, 0.717) is 45.9 Å². The van der Waals surface area contributed by atoms with Crippen LogP contribution in [-0.4, -0.2) is 39.9 Å². The standard InChI is InChI=1S/C32H18N8.3ClH.2Co/c1-2-10-18-17(9-1)25-33-26(18)38-28-21-13-5-6-14-22(21)30(35-28)40-32-24-16-8-7-15-23(24)31(36-32)39-29-20-12-4-3-11-19(20)27(34-29)37-25;;;;;/h1-16H,(H2,33,34,35,36,37,38,39,40);3*1H;;/q;;;;;+3/p-3. The summed E-state index contributed by atoms with van der Waals surface area (Å²) in [6.45, 7) is 0. The fourth-order valence-electron chi connectivity index (χ4n) is 5.59. The largest absolute Gasteiger partial charge is 0.324 e. The Balaban J connectivity index is 0.000000617. The maximum absolute atomic E-state index is 5.02. The van der Waals surface area contributed by atoms with Crippen molar-refractivity contribution in [3.63, 3.8) is 0 Å². The summed E-state index contributed by atoms with van der Waals surface area (Å²) in [5.74, 6) is 2.39. The molecule has 225 valence electrons. The van der Waals surface area contributed by atoms with Crippen molar-refractivity contribution in [3.05, 3.63) is 97.1 Å². The van der Waals surface area contributed by atoms with E-state index in [9.17, 15) is 0 Å². The number of halogens is 3. The minimum atomic E-state index is -1.19. The van der Waals surface area contributed by atoms with E-state index in [-0.39, 0.29) is 16.8 Å². The number of aromatic nitrogens is 8. The first-order valence-electron chi connectivity index (χ1n) is 13.4. The number of aromatic amines is 2. The first-order chi connectivity index (χ1) is 21.5. The minimum Gasteiger partial charge on any atom is -0.324 e. The number of fused-ring (bicyclic) bond motifs is 20. The van der Waals surface area contributed by atoms with Crippen molar-refractivity contribution in [2.45, 2.75) is 0 Å². The average Bonchev–Trinajstić information content (AvgIpc) is 3.76. The Morgan fingerprint density at radius 3 is 0.844 bits per heavy atom. The molecule has 0 aliphatic carbocycles. The Kier molecular flexibility index (Phi) is 8.04. The van der Waals surface area contributed by atoms with Crippen LogP contribution in [0.3, 0.4) is 0 Å².